The molecule has 2 heterocycles. The third kappa shape index (κ3) is 5.13. The highest BCUT2D eigenvalue weighted by molar-refractivity contribution is 6.31. The molecule has 2 aromatic carbocycles. The minimum atomic E-state index is -1.51. The van der Waals surface area contributed by atoms with Gasteiger partial charge in [-0.25, -0.2) is 9.59 Å². The van der Waals surface area contributed by atoms with Crippen molar-refractivity contribution in [2.45, 2.75) is 31.0 Å². The van der Waals surface area contributed by atoms with Crippen LogP contribution in [0.4, 0.5) is 5.82 Å². The molecule has 3 aromatic rings. The summed E-state index contributed by atoms with van der Waals surface area (Å²) in [5.74, 6) is -1.38. The van der Waals surface area contributed by atoms with E-state index in [1.54, 1.807) is 0 Å². The predicted molar refractivity (Wildman–Crippen MR) is 124 cm³/mol. The van der Waals surface area contributed by atoms with E-state index in [2.05, 4.69) is 4.98 Å². The highest BCUT2D eigenvalue weighted by atomic mass is 35.5. The molecule has 34 heavy (non-hydrogen) atoms. The van der Waals surface area contributed by atoms with Crippen molar-refractivity contribution in [3.05, 3.63) is 92.5 Å². The van der Waals surface area contributed by atoms with Crippen molar-refractivity contribution < 1.29 is 24.2 Å². The van der Waals surface area contributed by atoms with Crippen LogP contribution in [-0.4, -0.2) is 44.7 Å². The molecule has 0 amide bonds. The van der Waals surface area contributed by atoms with E-state index in [9.17, 15) is 19.5 Å². The van der Waals surface area contributed by atoms with Crippen LogP contribution in [0, 0.1) is 0 Å². The fourth-order valence-corrected chi connectivity index (χ4v) is 3.84. The van der Waals surface area contributed by atoms with Crippen LogP contribution in [0.3, 0.4) is 0 Å². The van der Waals surface area contributed by atoms with Gasteiger partial charge >= 0.3 is 11.7 Å². The van der Waals surface area contributed by atoms with Crippen molar-refractivity contribution in [1.29, 1.82) is 0 Å². The number of Topliss-reactive ketones (excluding diaryl/α,β-unsaturated/α-hetero) is 1. The number of benzene rings is 2. The number of ketones is 1. The van der Waals surface area contributed by atoms with Gasteiger partial charge in [0.25, 0.3) is 0 Å². The Morgan fingerprint density at radius 3 is 2.24 bits per heavy atom. The molecule has 0 aliphatic carbocycles. The Balaban J connectivity index is 1.64. The number of hydrogen-bond acceptors (Lipinski definition) is 8. The van der Waals surface area contributed by atoms with Crippen LogP contribution in [-0.2, 0) is 9.47 Å². The number of nitrogen functional groups attached to an aromatic ring is 1. The second-order valence-corrected chi connectivity index (χ2v) is 8.48. The van der Waals surface area contributed by atoms with Crippen LogP contribution in [0.1, 0.15) is 33.4 Å². The molecule has 1 aromatic heterocycles. The molecule has 1 aliphatic rings. The number of carbonyl (C=O) groups is 2. The van der Waals surface area contributed by atoms with E-state index >= 15 is 0 Å². The maximum absolute atomic E-state index is 13.3. The maximum Gasteiger partial charge on any atom is 0.351 e. The molecule has 1 unspecified atom stereocenters. The van der Waals surface area contributed by atoms with Crippen molar-refractivity contribution in [2.75, 3.05) is 5.73 Å². The summed E-state index contributed by atoms with van der Waals surface area (Å²) in [4.78, 5) is 42.0. The van der Waals surface area contributed by atoms with E-state index in [1.165, 1.54) is 60.8 Å². The average Bonchev–Trinajstić information content (AvgIpc) is 3.18. The molecule has 176 valence electrons. The monoisotopic (exact) mass is 503 g/mol. The van der Waals surface area contributed by atoms with Crippen LogP contribution in [0.15, 0.2) is 65.6 Å². The molecule has 0 bridgehead atoms. The van der Waals surface area contributed by atoms with Gasteiger partial charge in [-0.15, -0.1) is 0 Å². The first-order valence-corrected chi connectivity index (χ1v) is 10.9. The maximum atomic E-state index is 13.3. The van der Waals surface area contributed by atoms with Crippen LogP contribution in [0.2, 0.25) is 10.0 Å². The normalized spacial score (nSPS) is 20.6. The Bertz CT molecular complexity index is 1260. The number of halogens is 2. The fourth-order valence-electron chi connectivity index (χ4n) is 3.58. The van der Waals surface area contributed by atoms with Crippen molar-refractivity contribution in [1.82, 2.24) is 9.55 Å². The SMILES string of the molecule is Nc1ccn([C@H]2C[C@H](O)[C@@H](C(OC(=O)c3ccc(Cl)cc3)C(=O)c3ccc(Cl)cc3)O2)c(=O)n1. The number of nitrogens with two attached hydrogens (primary N) is 1. The largest absolute Gasteiger partial charge is 0.447 e. The van der Waals surface area contributed by atoms with Crippen LogP contribution < -0.4 is 11.4 Å². The molecule has 0 spiro atoms. The topological polar surface area (TPSA) is 134 Å². The van der Waals surface area contributed by atoms with E-state index in [-0.39, 0.29) is 23.4 Å². The Hall–Kier alpha value is -3.24. The van der Waals surface area contributed by atoms with Crippen molar-refractivity contribution in [2.24, 2.45) is 0 Å². The summed E-state index contributed by atoms with van der Waals surface area (Å²) in [6, 6.07) is 13.3. The molecule has 3 N–H and O–H groups in total. The van der Waals surface area contributed by atoms with Crippen LogP contribution in [0.25, 0.3) is 0 Å². The number of nitrogens with zero attached hydrogens (tertiary/aromatic N) is 2. The van der Waals surface area contributed by atoms with Gasteiger partial charge in [0.05, 0.1) is 11.7 Å². The number of aromatic nitrogens is 2. The lowest BCUT2D eigenvalue weighted by molar-refractivity contribution is -0.0784. The number of aliphatic hydroxyl groups is 1. The molecule has 9 nitrogen and oxygen atoms in total. The summed E-state index contributed by atoms with van der Waals surface area (Å²) in [6.07, 6.45) is -3.61. The number of aliphatic hydroxyl groups excluding tert-OH is 1. The summed E-state index contributed by atoms with van der Waals surface area (Å²) in [6.45, 7) is 0. The van der Waals surface area contributed by atoms with E-state index in [4.69, 9.17) is 38.4 Å². The molecule has 0 radical (unpaired) electrons. The Labute approximate surface area is 203 Å². The van der Waals surface area contributed by atoms with Gasteiger partial charge < -0.3 is 20.3 Å². The number of hydrogen-bond donors (Lipinski definition) is 2. The Morgan fingerprint density at radius 1 is 1.06 bits per heavy atom. The highest BCUT2D eigenvalue weighted by Gasteiger charge is 2.45. The molecule has 1 aliphatic heterocycles. The number of carbonyl (C=O) groups excluding carboxylic acids is 2. The zero-order valence-corrected chi connectivity index (χ0v) is 19.0. The first-order chi connectivity index (χ1) is 16.2. The Kier molecular flexibility index (Phi) is 6.99. The summed E-state index contributed by atoms with van der Waals surface area (Å²) in [5.41, 5.74) is 5.20. The van der Waals surface area contributed by atoms with E-state index in [0.29, 0.717) is 10.0 Å². The first kappa shape index (κ1) is 23.9. The summed E-state index contributed by atoms with van der Waals surface area (Å²) < 4.78 is 12.5. The second-order valence-electron chi connectivity index (χ2n) is 7.60. The van der Waals surface area contributed by atoms with Gasteiger partial charge in [0.2, 0.25) is 5.78 Å². The fraction of sp³-hybridized carbons (Fsp3) is 0.217. The third-order valence-electron chi connectivity index (χ3n) is 5.30. The highest BCUT2D eigenvalue weighted by Crippen LogP contribution is 2.32. The van der Waals surface area contributed by atoms with E-state index in [0.717, 1.165) is 4.57 Å². The summed E-state index contributed by atoms with van der Waals surface area (Å²) >= 11 is 11.8. The van der Waals surface area contributed by atoms with Crippen molar-refractivity contribution in [3.63, 3.8) is 0 Å². The first-order valence-electron chi connectivity index (χ1n) is 10.2. The van der Waals surface area contributed by atoms with Gasteiger partial charge in [-0.1, -0.05) is 23.2 Å². The molecular formula is C23H19Cl2N3O6. The van der Waals surface area contributed by atoms with Gasteiger partial charge in [-0.3, -0.25) is 9.36 Å². The van der Waals surface area contributed by atoms with Gasteiger partial charge in [-0.2, -0.15) is 4.98 Å². The molecule has 11 heteroatoms. The molecule has 1 saturated heterocycles. The molecule has 4 atom stereocenters. The van der Waals surface area contributed by atoms with Crippen molar-refractivity contribution >= 4 is 40.8 Å². The lowest BCUT2D eigenvalue weighted by atomic mass is 9.98. The number of ether oxygens (including phenoxy) is 2. The average molecular weight is 504 g/mol. The molecular weight excluding hydrogens is 485 g/mol. The molecule has 4 rings (SSSR count). The minimum absolute atomic E-state index is 0.0315. The van der Waals surface area contributed by atoms with Gasteiger partial charge in [-0.05, 0) is 54.6 Å². The number of rotatable bonds is 6. The number of esters is 1. The van der Waals surface area contributed by atoms with Gasteiger partial charge in [0.15, 0.2) is 6.10 Å². The zero-order chi connectivity index (χ0) is 24.4. The molecule has 0 saturated carbocycles. The zero-order valence-electron chi connectivity index (χ0n) is 17.5. The van der Waals surface area contributed by atoms with Gasteiger partial charge in [0, 0.05) is 28.2 Å². The lowest BCUT2D eigenvalue weighted by Crippen LogP contribution is -2.43. The lowest BCUT2D eigenvalue weighted by Gasteiger charge is -2.25. The summed E-state index contributed by atoms with van der Waals surface area (Å²) in [5, 5.41) is 11.6. The standard InChI is InChI=1S/C23H19Cl2N3O6/c24-14-5-1-12(2-6-14)19(30)21(34-22(31)13-3-7-15(25)8-4-13)20-16(29)11-18(33-20)28-10-9-17(26)27-23(28)32/h1-10,16,18,20-21,29H,11H2,(H2,26,27,32)/t16-,18+,20-,21?/m0/s1. The minimum Gasteiger partial charge on any atom is -0.447 e. The molecule has 1 fully saturated rings. The Morgan fingerprint density at radius 2 is 1.65 bits per heavy atom. The number of anilines is 1. The third-order valence-corrected chi connectivity index (χ3v) is 5.80. The summed E-state index contributed by atoms with van der Waals surface area (Å²) in [7, 11) is 0. The quantitative estimate of drug-likeness (QED) is 0.387. The van der Waals surface area contributed by atoms with E-state index in [1.807, 2.05) is 0 Å². The van der Waals surface area contributed by atoms with Crippen LogP contribution >= 0.6 is 23.2 Å². The van der Waals surface area contributed by atoms with Crippen molar-refractivity contribution in [3.8, 4) is 0 Å². The predicted octanol–water partition coefficient (Wildman–Crippen LogP) is 2.89. The van der Waals surface area contributed by atoms with E-state index < -0.39 is 42.0 Å². The van der Waals surface area contributed by atoms with Crippen LogP contribution in [0.5, 0.6) is 0 Å². The second kappa shape index (κ2) is 9.94. The van der Waals surface area contributed by atoms with Gasteiger partial charge in [0.1, 0.15) is 18.1 Å². The smallest absolute Gasteiger partial charge is 0.351 e.